The molecular formula is C13H17N3O3S. The van der Waals surface area contributed by atoms with Gasteiger partial charge in [0.1, 0.15) is 0 Å². The van der Waals surface area contributed by atoms with Crippen LogP contribution in [0, 0.1) is 0 Å². The van der Waals surface area contributed by atoms with Gasteiger partial charge >= 0.3 is 0 Å². The van der Waals surface area contributed by atoms with E-state index in [1.165, 1.54) is 12.3 Å². The average molecular weight is 295 g/mol. The summed E-state index contributed by atoms with van der Waals surface area (Å²) < 4.78 is 28.7. The number of nitrogens with one attached hydrogen (secondary N) is 1. The highest BCUT2D eigenvalue weighted by molar-refractivity contribution is 7.90. The third-order valence-electron chi connectivity index (χ3n) is 3.00. The summed E-state index contributed by atoms with van der Waals surface area (Å²) in [5.74, 6) is 0.814. The second kappa shape index (κ2) is 5.72. The summed E-state index contributed by atoms with van der Waals surface area (Å²) in [6.07, 6.45) is 1.99. The molecule has 1 atom stereocenters. The lowest BCUT2D eigenvalue weighted by Crippen LogP contribution is -2.15. The Morgan fingerprint density at radius 1 is 1.35 bits per heavy atom. The molecule has 0 amide bonds. The summed E-state index contributed by atoms with van der Waals surface area (Å²) >= 11 is 0. The van der Waals surface area contributed by atoms with Crippen LogP contribution in [0.2, 0.25) is 0 Å². The summed E-state index contributed by atoms with van der Waals surface area (Å²) in [4.78, 5) is 0.232. The van der Waals surface area contributed by atoms with Gasteiger partial charge in [0, 0.05) is 11.8 Å². The van der Waals surface area contributed by atoms with Gasteiger partial charge in [0.2, 0.25) is 11.8 Å². The van der Waals surface area contributed by atoms with Crippen LogP contribution in [0.4, 0.5) is 0 Å². The van der Waals surface area contributed by atoms with Gasteiger partial charge in [0.25, 0.3) is 0 Å². The molecule has 7 heteroatoms. The van der Waals surface area contributed by atoms with Crippen molar-refractivity contribution in [2.45, 2.75) is 24.3 Å². The Kier molecular flexibility index (Phi) is 4.20. The van der Waals surface area contributed by atoms with Crippen LogP contribution in [-0.2, 0) is 9.84 Å². The molecule has 0 aliphatic carbocycles. The fourth-order valence-electron chi connectivity index (χ4n) is 1.85. The van der Waals surface area contributed by atoms with E-state index in [1.807, 2.05) is 14.0 Å². The van der Waals surface area contributed by atoms with Gasteiger partial charge in [-0.2, -0.15) is 0 Å². The minimum atomic E-state index is -3.25. The van der Waals surface area contributed by atoms with Gasteiger partial charge in [-0.25, -0.2) is 8.42 Å². The van der Waals surface area contributed by atoms with Crippen LogP contribution in [0.3, 0.4) is 0 Å². The fraction of sp³-hybridized carbons (Fsp3) is 0.385. The quantitative estimate of drug-likeness (QED) is 0.905. The van der Waals surface area contributed by atoms with Gasteiger partial charge < -0.3 is 9.73 Å². The van der Waals surface area contributed by atoms with Crippen LogP contribution >= 0.6 is 0 Å². The molecule has 2 aromatic rings. The van der Waals surface area contributed by atoms with Gasteiger partial charge in [-0.15, -0.1) is 10.2 Å². The zero-order valence-corrected chi connectivity index (χ0v) is 12.4. The zero-order chi connectivity index (χ0) is 14.8. The lowest BCUT2D eigenvalue weighted by Gasteiger charge is -2.07. The number of hydrogen-bond donors (Lipinski definition) is 1. The summed E-state index contributed by atoms with van der Waals surface area (Å²) in [5.41, 5.74) is 0.595. The Morgan fingerprint density at radius 3 is 2.70 bits per heavy atom. The van der Waals surface area contributed by atoms with Crippen LogP contribution < -0.4 is 5.32 Å². The van der Waals surface area contributed by atoms with E-state index in [0.717, 1.165) is 6.42 Å². The number of nitrogens with zero attached hydrogens (tertiary/aromatic N) is 2. The van der Waals surface area contributed by atoms with Crippen molar-refractivity contribution < 1.29 is 12.8 Å². The van der Waals surface area contributed by atoms with Crippen LogP contribution in [0.25, 0.3) is 11.5 Å². The molecule has 1 heterocycles. The molecular weight excluding hydrogens is 278 g/mol. The van der Waals surface area contributed by atoms with Crippen molar-refractivity contribution in [3.05, 3.63) is 30.2 Å². The van der Waals surface area contributed by atoms with Gasteiger partial charge in [-0.1, -0.05) is 13.0 Å². The summed E-state index contributed by atoms with van der Waals surface area (Å²) in [7, 11) is -1.43. The number of rotatable bonds is 5. The van der Waals surface area contributed by atoms with Crippen LogP contribution in [0.5, 0.6) is 0 Å². The summed E-state index contributed by atoms with van der Waals surface area (Å²) in [6, 6.07) is 6.47. The second-order valence-corrected chi connectivity index (χ2v) is 6.51. The Bertz CT molecular complexity index is 690. The number of benzene rings is 1. The van der Waals surface area contributed by atoms with E-state index >= 15 is 0 Å². The lowest BCUT2D eigenvalue weighted by molar-refractivity contribution is 0.415. The van der Waals surface area contributed by atoms with E-state index < -0.39 is 9.84 Å². The number of sulfone groups is 1. The molecule has 0 saturated heterocycles. The molecule has 0 saturated carbocycles. The maximum Gasteiger partial charge on any atom is 0.247 e. The van der Waals surface area contributed by atoms with E-state index in [2.05, 4.69) is 15.5 Å². The van der Waals surface area contributed by atoms with Gasteiger partial charge in [-0.3, -0.25) is 0 Å². The maximum atomic E-state index is 11.5. The Labute approximate surface area is 118 Å². The minimum absolute atomic E-state index is 0.00524. The largest absolute Gasteiger partial charge is 0.419 e. The topological polar surface area (TPSA) is 85.1 Å². The van der Waals surface area contributed by atoms with Crippen molar-refractivity contribution >= 4 is 9.84 Å². The third-order valence-corrected chi connectivity index (χ3v) is 4.11. The fourth-order valence-corrected chi connectivity index (χ4v) is 2.52. The molecule has 1 aromatic heterocycles. The normalized spacial score (nSPS) is 13.3. The van der Waals surface area contributed by atoms with Crippen molar-refractivity contribution in [3.63, 3.8) is 0 Å². The molecule has 0 bridgehead atoms. The molecule has 0 fully saturated rings. The molecule has 2 rings (SSSR count). The van der Waals surface area contributed by atoms with Crippen LogP contribution in [0.1, 0.15) is 25.3 Å². The predicted octanol–water partition coefficient (Wildman–Crippen LogP) is 1.81. The van der Waals surface area contributed by atoms with Crippen molar-refractivity contribution in [3.8, 4) is 11.5 Å². The van der Waals surface area contributed by atoms with Gasteiger partial charge in [-0.05, 0) is 31.7 Å². The molecule has 108 valence electrons. The maximum absolute atomic E-state index is 11.5. The summed E-state index contributed by atoms with van der Waals surface area (Å²) in [6.45, 7) is 2.01. The molecule has 1 unspecified atom stereocenters. The van der Waals surface area contributed by atoms with E-state index in [-0.39, 0.29) is 10.9 Å². The number of aromatic nitrogens is 2. The molecule has 0 aliphatic rings. The van der Waals surface area contributed by atoms with Gasteiger partial charge in [0.05, 0.1) is 10.9 Å². The second-order valence-electron chi connectivity index (χ2n) is 4.49. The smallest absolute Gasteiger partial charge is 0.247 e. The molecule has 1 N–H and O–H groups in total. The van der Waals surface area contributed by atoms with Crippen molar-refractivity contribution in [1.82, 2.24) is 15.5 Å². The number of hydrogen-bond acceptors (Lipinski definition) is 6. The van der Waals surface area contributed by atoms with E-state index in [9.17, 15) is 8.42 Å². The predicted molar refractivity (Wildman–Crippen MR) is 74.9 cm³/mol. The van der Waals surface area contributed by atoms with Crippen molar-refractivity contribution in [2.24, 2.45) is 0 Å². The monoisotopic (exact) mass is 295 g/mol. The highest BCUT2D eigenvalue weighted by Crippen LogP contribution is 2.24. The van der Waals surface area contributed by atoms with Crippen LogP contribution in [0.15, 0.2) is 33.6 Å². The average Bonchev–Trinajstić information content (AvgIpc) is 2.89. The Hall–Kier alpha value is -1.73. The zero-order valence-electron chi connectivity index (χ0n) is 11.6. The van der Waals surface area contributed by atoms with Gasteiger partial charge in [0.15, 0.2) is 9.84 Å². The molecule has 6 nitrogen and oxygen atoms in total. The van der Waals surface area contributed by atoms with Crippen molar-refractivity contribution in [2.75, 3.05) is 13.3 Å². The molecule has 0 spiro atoms. The van der Waals surface area contributed by atoms with E-state index in [1.54, 1.807) is 18.2 Å². The highest BCUT2D eigenvalue weighted by atomic mass is 32.2. The van der Waals surface area contributed by atoms with E-state index in [0.29, 0.717) is 17.3 Å². The Morgan fingerprint density at radius 2 is 2.10 bits per heavy atom. The van der Waals surface area contributed by atoms with Crippen LogP contribution in [-0.4, -0.2) is 31.9 Å². The first-order valence-corrected chi connectivity index (χ1v) is 8.16. The van der Waals surface area contributed by atoms with E-state index in [4.69, 9.17) is 4.42 Å². The first-order valence-electron chi connectivity index (χ1n) is 6.27. The lowest BCUT2D eigenvalue weighted by atomic mass is 10.2. The standard InChI is InChI=1S/C13H17N3O3S/c1-4-11(14-2)13-16-15-12(19-13)9-6-5-7-10(8-9)20(3,17)18/h5-8,11,14H,4H2,1-3H3. The Balaban J connectivity index is 2.38. The summed E-state index contributed by atoms with van der Waals surface area (Å²) in [5, 5.41) is 11.0. The molecule has 0 radical (unpaired) electrons. The molecule has 20 heavy (non-hydrogen) atoms. The van der Waals surface area contributed by atoms with Crippen molar-refractivity contribution in [1.29, 1.82) is 0 Å². The molecule has 0 aliphatic heterocycles. The first-order chi connectivity index (χ1) is 9.45. The molecule has 1 aromatic carbocycles. The highest BCUT2D eigenvalue weighted by Gasteiger charge is 2.17. The minimum Gasteiger partial charge on any atom is -0.419 e. The first kappa shape index (κ1) is 14.7. The SMILES string of the molecule is CCC(NC)c1nnc(-c2cccc(S(C)(=O)=O)c2)o1. The third kappa shape index (κ3) is 3.05.